The van der Waals surface area contributed by atoms with Crippen LogP contribution in [0.5, 0.6) is 0 Å². The number of hydrogen-bond donors (Lipinski definition) is 2. The van der Waals surface area contributed by atoms with E-state index in [4.69, 9.17) is 15.6 Å². The van der Waals surface area contributed by atoms with Crippen LogP contribution in [0.25, 0.3) is 10.8 Å². The number of quaternary nitrogens is 1. The van der Waals surface area contributed by atoms with E-state index in [1.807, 2.05) is 68.1 Å². The molecule has 45 heavy (non-hydrogen) atoms. The van der Waals surface area contributed by atoms with Crippen molar-refractivity contribution in [2.24, 2.45) is 10.8 Å². The highest BCUT2D eigenvalue weighted by atomic mass is 16.6. The van der Waals surface area contributed by atoms with Crippen molar-refractivity contribution in [1.29, 1.82) is 0 Å². The predicted molar refractivity (Wildman–Crippen MR) is 178 cm³/mol. The van der Waals surface area contributed by atoms with Gasteiger partial charge >= 0.3 is 12.0 Å². The number of piperidine rings is 1. The zero-order valence-corrected chi connectivity index (χ0v) is 26.1. The summed E-state index contributed by atoms with van der Waals surface area (Å²) < 4.78 is 5.26. The number of likely N-dealkylation sites (tertiary alicyclic amines) is 1. The highest BCUT2D eigenvalue weighted by Gasteiger charge is 2.39. The Morgan fingerprint density at radius 2 is 1.91 bits per heavy atom. The monoisotopic (exact) mass is 607 g/mol. The summed E-state index contributed by atoms with van der Waals surface area (Å²) in [6.07, 6.45) is 5.06. The number of fused-ring (bicyclic) bond motifs is 2. The highest BCUT2D eigenvalue weighted by Crippen LogP contribution is 2.41. The summed E-state index contributed by atoms with van der Waals surface area (Å²) in [6, 6.07) is 20.8. The molecule has 0 bridgehead atoms. The van der Waals surface area contributed by atoms with Gasteiger partial charge in [-0.1, -0.05) is 36.4 Å². The number of nitrogens with two attached hydrogens (primary N) is 1. The molecule has 11 heteroatoms. The second-order valence-electron chi connectivity index (χ2n) is 12.4. The fourth-order valence-electron chi connectivity index (χ4n) is 5.97. The number of likely N-dealkylation sites (N-methyl/N-ethyl adjacent to an activating group) is 1. The minimum Gasteiger partial charge on any atom is -0.456 e. The molecule has 0 spiro atoms. The Morgan fingerprint density at radius 3 is 2.71 bits per heavy atom. The Hall–Kier alpha value is -4.87. The molecule has 2 unspecified atom stereocenters. The minimum absolute atomic E-state index is 0.0272. The quantitative estimate of drug-likeness (QED) is 0.150. The molecule has 1 fully saturated rings. The Bertz CT molecular complexity index is 1780. The maximum absolute atomic E-state index is 13.4. The number of nitrogens with zero attached hydrogens (tertiary/aromatic N) is 6. The maximum atomic E-state index is 13.4. The Balaban J connectivity index is 1.20. The molecule has 232 valence electrons. The summed E-state index contributed by atoms with van der Waals surface area (Å²) in [5.41, 5.74) is 1.86. The lowest BCUT2D eigenvalue weighted by molar-refractivity contribution is 0.00695. The third-order valence-corrected chi connectivity index (χ3v) is 8.15. The van der Waals surface area contributed by atoms with Gasteiger partial charge in [-0.05, 0) is 64.1 Å². The fraction of sp³-hybridized carbons (Fsp3) is 0.324. The van der Waals surface area contributed by atoms with Gasteiger partial charge in [0.25, 0.3) is 5.82 Å². The number of carbonyl (C=O) groups excluding carboxylic acids is 2. The normalized spacial score (nSPS) is 19.3. The maximum Gasteiger partial charge on any atom is 0.338 e. The molecule has 1 aromatic heterocycles. The first-order valence-electron chi connectivity index (χ1n) is 15.3. The molecule has 4 aromatic rings. The van der Waals surface area contributed by atoms with Crippen molar-refractivity contribution < 1.29 is 14.3 Å². The van der Waals surface area contributed by atoms with Gasteiger partial charge in [-0.25, -0.2) is 14.6 Å². The first kappa shape index (κ1) is 30.2. The molecule has 2 atom stereocenters. The van der Waals surface area contributed by atoms with Gasteiger partial charge in [0.1, 0.15) is 11.3 Å². The number of carbonyl (C=O) groups is 2. The minimum atomic E-state index is -0.606. The number of aliphatic imine (C=N–C) groups is 1. The number of nitrogens with one attached hydrogen (secondary N) is 1. The predicted octanol–water partition coefficient (Wildman–Crippen LogP) is 6.29. The van der Waals surface area contributed by atoms with Gasteiger partial charge in [0.15, 0.2) is 5.69 Å². The third-order valence-electron chi connectivity index (χ3n) is 8.15. The highest BCUT2D eigenvalue weighted by molar-refractivity contribution is 6.01. The zero-order valence-electron chi connectivity index (χ0n) is 26.1. The van der Waals surface area contributed by atoms with Gasteiger partial charge in [0, 0.05) is 49.4 Å². The Labute approximate surface area is 262 Å². The zero-order chi connectivity index (χ0) is 31.8. The fourth-order valence-corrected chi connectivity index (χ4v) is 5.97. The molecule has 2 aliphatic heterocycles. The largest absolute Gasteiger partial charge is 0.456 e. The first-order valence-corrected chi connectivity index (χ1v) is 15.3. The number of anilines is 2. The number of urea groups is 1. The van der Waals surface area contributed by atoms with Gasteiger partial charge in [-0.2, -0.15) is 15.8 Å². The molecule has 0 saturated carbocycles. The number of hydrogen-bond acceptors (Lipinski definition) is 8. The molecule has 0 radical (unpaired) electrons. The molecule has 2 aliphatic rings. The summed E-state index contributed by atoms with van der Waals surface area (Å²) >= 11 is 0. The van der Waals surface area contributed by atoms with E-state index in [0.29, 0.717) is 48.3 Å². The Kier molecular flexibility index (Phi) is 7.98. The van der Waals surface area contributed by atoms with Crippen LogP contribution in [0.1, 0.15) is 50.9 Å². The molecule has 3 N–H and O–H groups in total. The van der Waals surface area contributed by atoms with E-state index in [0.717, 1.165) is 29.3 Å². The average molecular weight is 608 g/mol. The van der Waals surface area contributed by atoms with Crippen molar-refractivity contribution in [3.05, 3.63) is 78.5 Å². The molecule has 1 saturated heterocycles. The van der Waals surface area contributed by atoms with Crippen LogP contribution in [0.3, 0.4) is 0 Å². The van der Waals surface area contributed by atoms with Crippen LogP contribution in [0.4, 0.5) is 33.6 Å². The lowest BCUT2D eigenvalue weighted by atomic mass is 10.0. The molecule has 2 amide bonds. The number of benzene rings is 3. The van der Waals surface area contributed by atoms with Gasteiger partial charge in [0.05, 0.1) is 11.3 Å². The van der Waals surface area contributed by atoms with E-state index in [1.165, 1.54) is 0 Å². The van der Waals surface area contributed by atoms with Crippen LogP contribution < -0.4 is 20.7 Å². The van der Waals surface area contributed by atoms with Crippen LogP contribution in [-0.2, 0) is 4.74 Å². The molecule has 3 heterocycles. The van der Waals surface area contributed by atoms with E-state index in [2.05, 4.69) is 27.1 Å². The van der Waals surface area contributed by atoms with E-state index in [-0.39, 0.29) is 16.7 Å². The van der Waals surface area contributed by atoms with Gasteiger partial charge < -0.3 is 19.9 Å². The lowest BCUT2D eigenvalue weighted by Crippen LogP contribution is -2.52. The molecule has 6 rings (SSSR count). The van der Waals surface area contributed by atoms with Crippen LogP contribution in [0.2, 0.25) is 0 Å². The lowest BCUT2D eigenvalue weighted by Gasteiger charge is -2.39. The standard InChI is InChI=1S/C34H38N8O3/c1-5-41(25-12-9-19-40(21-25)33(44)38-27-14-8-11-23-10-6-7-13-26(23)27)32-36-18-17-30(39-32)42(35)22-37-28-20-24(15-16-29(28)42)31(43)45-34(2,3)4/h6-8,10-11,13-18,20,22,25H,5,9,12,19,21,35H2,1-4H3/p+1. The molecular formula is C34H39N8O3+. The van der Waals surface area contributed by atoms with Crippen molar-refractivity contribution in [2.75, 3.05) is 29.9 Å². The topological polar surface area (TPSA) is 126 Å². The number of esters is 1. The summed E-state index contributed by atoms with van der Waals surface area (Å²) in [6.45, 7) is 9.42. The van der Waals surface area contributed by atoms with Gasteiger partial charge in [0.2, 0.25) is 12.3 Å². The van der Waals surface area contributed by atoms with E-state index in [1.54, 1.807) is 36.8 Å². The van der Waals surface area contributed by atoms with Crippen molar-refractivity contribution in [3.63, 3.8) is 0 Å². The van der Waals surface area contributed by atoms with Crippen molar-refractivity contribution in [1.82, 2.24) is 19.5 Å². The van der Waals surface area contributed by atoms with Crippen molar-refractivity contribution >= 4 is 57.9 Å². The third kappa shape index (κ3) is 6.09. The molecule has 11 nitrogen and oxygen atoms in total. The van der Waals surface area contributed by atoms with Crippen LogP contribution in [0, 0.1) is 0 Å². The average Bonchev–Trinajstić information content (AvgIpc) is 3.38. The second-order valence-corrected chi connectivity index (χ2v) is 12.4. The summed E-state index contributed by atoms with van der Waals surface area (Å²) in [5.74, 6) is 7.54. The Morgan fingerprint density at radius 1 is 1.11 bits per heavy atom. The van der Waals surface area contributed by atoms with Crippen molar-refractivity contribution in [3.8, 4) is 0 Å². The number of aromatic nitrogens is 2. The molecule has 0 aliphatic carbocycles. The van der Waals surface area contributed by atoms with E-state index < -0.39 is 11.6 Å². The summed E-state index contributed by atoms with van der Waals surface area (Å²) in [7, 11) is 0. The summed E-state index contributed by atoms with van der Waals surface area (Å²) in [4.78, 5) is 44.1. The number of ether oxygens (including phenoxy) is 1. The summed E-state index contributed by atoms with van der Waals surface area (Å²) in [5, 5.41) is 5.22. The van der Waals surface area contributed by atoms with Crippen molar-refractivity contribution in [2.45, 2.75) is 52.2 Å². The van der Waals surface area contributed by atoms with Crippen LogP contribution in [-0.4, -0.2) is 64.5 Å². The van der Waals surface area contributed by atoms with Gasteiger partial charge in [-0.15, -0.1) is 4.59 Å². The second kappa shape index (κ2) is 11.9. The van der Waals surface area contributed by atoms with E-state index >= 15 is 0 Å². The SMILES string of the molecule is CCN(c1nccc([N+]2(N)C=Nc3cc(C(=O)OC(C)(C)C)ccc32)n1)C1CCCN(C(=O)Nc2cccc3ccccc23)C1. The molecular weight excluding hydrogens is 568 g/mol. The smallest absolute Gasteiger partial charge is 0.338 e. The number of amides is 2. The number of rotatable bonds is 6. The van der Waals surface area contributed by atoms with E-state index in [9.17, 15) is 9.59 Å². The first-order chi connectivity index (χ1) is 21.6. The van der Waals surface area contributed by atoms with Gasteiger partial charge in [-0.3, -0.25) is 0 Å². The van der Waals surface area contributed by atoms with Crippen LogP contribution >= 0.6 is 0 Å². The van der Waals surface area contributed by atoms with Crippen LogP contribution in [0.15, 0.2) is 77.9 Å². The molecule has 3 aromatic carbocycles.